The van der Waals surface area contributed by atoms with Crippen molar-refractivity contribution in [2.45, 2.75) is 26.2 Å². The van der Waals surface area contributed by atoms with Crippen molar-refractivity contribution in [1.29, 1.82) is 0 Å². The lowest BCUT2D eigenvalue weighted by Gasteiger charge is -2.05. The van der Waals surface area contributed by atoms with Crippen LogP contribution in [0.2, 0.25) is 0 Å². The molecule has 0 fully saturated rings. The second kappa shape index (κ2) is 4.26. The summed E-state index contributed by atoms with van der Waals surface area (Å²) in [5.74, 6) is -0.914. The van der Waals surface area contributed by atoms with Crippen molar-refractivity contribution in [3.63, 3.8) is 0 Å². The summed E-state index contributed by atoms with van der Waals surface area (Å²) in [6.45, 7) is 0. The highest BCUT2D eigenvalue weighted by Gasteiger charge is 2.29. The maximum absolute atomic E-state index is 11.5. The summed E-state index contributed by atoms with van der Waals surface area (Å²) in [6, 6.07) is 7.25. The van der Waals surface area contributed by atoms with E-state index in [0.29, 0.717) is 12.0 Å². The van der Waals surface area contributed by atoms with E-state index in [9.17, 15) is 9.59 Å². The average molecular weight is 206 g/mol. The molecule has 0 bridgehead atoms. The van der Waals surface area contributed by atoms with Gasteiger partial charge in [0.25, 0.3) is 0 Å². The largest absolute Gasteiger partial charge is 0.481 e. The third-order valence-corrected chi connectivity index (χ3v) is 2.55. The zero-order valence-electron chi connectivity index (χ0n) is 7.56. The Balaban J connectivity index is 0.00000112. The van der Waals surface area contributed by atoms with Gasteiger partial charge in [0.1, 0.15) is 0 Å². The van der Waals surface area contributed by atoms with Crippen molar-refractivity contribution >= 4 is 11.8 Å². The van der Waals surface area contributed by atoms with Crippen molar-refractivity contribution in [3.05, 3.63) is 35.4 Å². The van der Waals surface area contributed by atoms with E-state index in [-0.39, 0.29) is 25.5 Å². The summed E-state index contributed by atoms with van der Waals surface area (Å²) in [7, 11) is 0. The number of carbonyl (C=O) groups excluding carboxylic acids is 1. The molecule has 3 nitrogen and oxygen atoms in total. The molecule has 1 aromatic rings. The number of aliphatic carboxylic acids is 1. The highest BCUT2D eigenvalue weighted by Crippen LogP contribution is 2.34. The van der Waals surface area contributed by atoms with E-state index in [4.69, 9.17) is 5.11 Å². The molecular weight excluding hydrogens is 192 g/mol. The smallest absolute Gasteiger partial charge is 0.303 e. The molecular formula is C12H14O3. The van der Waals surface area contributed by atoms with E-state index in [1.54, 1.807) is 12.1 Å². The predicted molar refractivity (Wildman–Crippen MR) is 57.1 cm³/mol. The molecule has 1 aromatic carbocycles. The van der Waals surface area contributed by atoms with Gasteiger partial charge in [-0.15, -0.1) is 0 Å². The van der Waals surface area contributed by atoms with Crippen LogP contribution < -0.4 is 0 Å². The third kappa shape index (κ3) is 2.06. The number of hydrogen-bond donors (Lipinski definition) is 1. The van der Waals surface area contributed by atoms with E-state index < -0.39 is 5.97 Å². The first-order chi connectivity index (χ1) is 6.68. The number of benzene rings is 1. The van der Waals surface area contributed by atoms with Gasteiger partial charge in [-0.2, -0.15) is 0 Å². The van der Waals surface area contributed by atoms with E-state index in [2.05, 4.69) is 0 Å². The molecule has 1 N–H and O–H groups in total. The average Bonchev–Trinajstić information content (AvgIpc) is 2.44. The summed E-state index contributed by atoms with van der Waals surface area (Å²) in [6.07, 6.45) is 0.383. The molecule has 3 heteroatoms. The van der Waals surface area contributed by atoms with Crippen LogP contribution in [0.3, 0.4) is 0 Å². The quantitative estimate of drug-likeness (QED) is 0.808. The van der Waals surface area contributed by atoms with Crippen LogP contribution in [0.5, 0.6) is 0 Å². The summed E-state index contributed by atoms with van der Waals surface area (Å²) >= 11 is 0. The van der Waals surface area contributed by atoms with Crippen molar-refractivity contribution < 1.29 is 14.7 Å². The molecule has 0 saturated heterocycles. The van der Waals surface area contributed by atoms with E-state index in [1.165, 1.54) is 0 Å². The van der Waals surface area contributed by atoms with Gasteiger partial charge < -0.3 is 5.11 Å². The highest BCUT2D eigenvalue weighted by atomic mass is 16.4. The molecule has 15 heavy (non-hydrogen) atoms. The van der Waals surface area contributed by atoms with Gasteiger partial charge in [-0.05, 0) is 5.56 Å². The predicted octanol–water partition coefficient (Wildman–Crippen LogP) is 2.47. The zero-order valence-corrected chi connectivity index (χ0v) is 7.56. The number of rotatable bonds is 2. The molecule has 0 radical (unpaired) electrons. The highest BCUT2D eigenvalue weighted by molar-refractivity contribution is 6.01. The molecule has 80 valence electrons. The minimum Gasteiger partial charge on any atom is -0.481 e. The van der Waals surface area contributed by atoms with Gasteiger partial charge in [-0.25, -0.2) is 0 Å². The Kier molecular flexibility index (Phi) is 3.24. The standard InChI is InChI=1S/C11H10O3.CH4/c12-10-5-7(6-11(13)14)8-3-1-2-4-9(8)10;/h1-4,7H,5-6H2,(H,13,14);1H4. The van der Waals surface area contributed by atoms with Crippen LogP contribution in [-0.2, 0) is 4.79 Å². The molecule has 0 aliphatic heterocycles. The summed E-state index contributed by atoms with van der Waals surface area (Å²) in [5, 5.41) is 8.67. The first-order valence-corrected chi connectivity index (χ1v) is 4.52. The maximum atomic E-state index is 11.5. The minimum absolute atomic E-state index is 0. The van der Waals surface area contributed by atoms with Crippen molar-refractivity contribution in [3.8, 4) is 0 Å². The van der Waals surface area contributed by atoms with Crippen LogP contribution in [0.4, 0.5) is 0 Å². The lowest BCUT2D eigenvalue weighted by molar-refractivity contribution is -0.137. The zero-order chi connectivity index (χ0) is 10.1. The van der Waals surface area contributed by atoms with Crippen LogP contribution in [-0.4, -0.2) is 16.9 Å². The fourth-order valence-corrected chi connectivity index (χ4v) is 1.94. The normalized spacial score (nSPS) is 18.1. The van der Waals surface area contributed by atoms with Gasteiger partial charge >= 0.3 is 5.97 Å². The van der Waals surface area contributed by atoms with Gasteiger partial charge in [-0.1, -0.05) is 31.7 Å². The maximum Gasteiger partial charge on any atom is 0.303 e. The van der Waals surface area contributed by atoms with Crippen LogP contribution in [0.15, 0.2) is 24.3 Å². The van der Waals surface area contributed by atoms with Crippen molar-refractivity contribution in [2.24, 2.45) is 0 Å². The molecule has 1 aliphatic rings. The summed E-state index contributed by atoms with van der Waals surface area (Å²) in [5.41, 5.74) is 1.58. The van der Waals surface area contributed by atoms with E-state index >= 15 is 0 Å². The number of hydrogen-bond acceptors (Lipinski definition) is 2. The number of Topliss-reactive ketones (excluding diaryl/α,β-unsaturated/α-hetero) is 1. The van der Waals surface area contributed by atoms with Crippen LogP contribution in [0.25, 0.3) is 0 Å². The molecule has 0 amide bonds. The second-order valence-electron chi connectivity index (χ2n) is 3.51. The van der Waals surface area contributed by atoms with E-state index in [1.807, 2.05) is 12.1 Å². The van der Waals surface area contributed by atoms with Crippen molar-refractivity contribution in [2.75, 3.05) is 0 Å². The Hall–Kier alpha value is -1.64. The number of carbonyl (C=O) groups is 2. The molecule has 0 heterocycles. The second-order valence-corrected chi connectivity index (χ2v) is 3.51. The number of carboxylic acids is 1. The van der Waals surface area contributed by atoms with Gasteiger partial charge in [0, 0.05) is 17.9 Å². The van der Waals surface area contributed by atoms with Gasteiger partial charge in [0.05, 0.1) is 6.42 Å². The summed E-state index contributed by atoms with van der Waals surface area (Å²) in [4.78, 5) is 22.0. The summed E-state index contributed by atoms with van der Waals surface area (Å²) < 4.78 is 0. The van der Waals surface area contributed by atoms with Gasteiger partial charge in [-0.3, -0.25) is 9.59 Å². The van der Waals surface area contributed by atoms with E-state index in [0.717, 1.165) is 5.56 Å². The first-order valence-electron chi connectivity index (χ1n) is 4.52. The molecule has 2 rings (SSSR count). The number of carboxylic acid groups (broad SMARTS) is 1. The molecule has 0 saturated carbocycles. The lowest BCUT2D eigenvalue weighted by Crippen LogP contribution is -2.03. The van der Waals surface area contributed by atoms with Crippen LogP contribution >= 0.6 is 0 Å². The Morgan fingerprint density at radius 1 is 1.40 bits per heavy atom. The fourth-order valence-electron chi connectivity index (χ4n) is 1.94. The van der Waals surface area contributed by atoms with Crippen LogP contribution in [0.1, 0.15) is 42.1 Å². The first kappa shape index (κ1) is 11.4. The Morgan fingerprint density at radius 3 is 2.73 bits per heavy atom. The topological polar surface area (TPSA) is 54.4 Å². The molecule has 1 unspecified atom stereocenters. The lowest BCUT2D eigenvalue weighted by atomic mass is 9.98. The Morgan fingerprint density at radius 2 is 2.07 bits per heavy atom. The molecule has 0 spiro atoms. The monoisotopic (exact) mass is 206 g/mol. The van der Waals surface area contributed by atoms with Gasteiger partial charge in [0.15, 0.2) is 5.78 Å². The van der Waals surface area contributed by atoms with Crippen LogP contribution in [0, 0.1) is 0 Å². The van der Waals surface area contributed by atoms with Crippen molar-refractivity contribution in [1.82, 2.24) is 0 Å². The molecule has 1 aliphatic carbocycles. The minimum atomic E-state index is -0.848. The SMILES string of the molecule is C.O=C(O)CC1CC(=O)c2ccccc21. The molecule has 0 aromatic heterocycles. The number of fused-ring (bicyclic) bond motifs is 1. The number of ketones is 1. The Bertz CT molecular complexity index is 394. The Labute approximate surface area is 88.7 Å². The molecule has 1 atom stereocenters. The third-order valence-electron chi connectivity index (χ3n) is 2.55. The van der Waals surface area contributed by atoms with Gasteiger partial charge in [0.2, 0.25) is 0 Å². The fraction of sp³-hybridized carbons (Fsp3) is 0.333.